The summed E-state index contributed by atoms with van der Waals surface area (Å²) in [5.41, 5.74) is 3.95. The number of carboxylic acid groups (broad SMARTS) is 1. The van der Waals surface area contributed by atoms with E-state index in [-0.39, 0.29) is 6.54 Å². The number of likely N-dealkylation sites (tertiary alicyclic amines) is 1. The number of rotatable bonds is 5. The molecule has 0 radical (unpaired) electrons. The van der Waals surface area contributed by atoms with Crippen LogP contribution in [-0.4, -0.2) is 56.3 Å². The number of ether oxygens (including phenoxy) is 2. The minimum absolute atomic E-state index is 0.103. The molecule has 3 unspecified atom stereocenters. The zero-order valence-corrected chi connectivity index (χ0v) is 23.5. The van der Waals surface area contributed by atoms with E-state index in [9.17, 15) is 14.7 Å². The van der Waals surface area contributed by atoms with E-state index in [0.717, 1.165) is 32.7 Å². The summed E-state index contributed by atoms with van der Waals surface area (Å²) in [6.07, 6.45) is -1.20. The maximum atomic E-state index is 12.9. The van der Waals surface area contributed by atoms with Crippen molar-refractivity contribution in [1.29, 1.82) is 0 Å². The van der Waals surface area contributed by atoms with Crippen LogP contribution in [0.3, 0.4) is 0 Å². The summed E-state index contributed by atoms with van der Waals surface area (Å²) in [5, 5.41) is 13.6. The van der Waals surface area contributed by atoms with Crippen LogP contribution in [0.25, 0.3) is 21.6 Å². The van der Waals surface area contributed by atoms with Crippen LogP contribution in [0.15, 0.2) is 23.6 Å². The van der Waals surface area contributed by atoms with E-state index in [1.165, 1.54) is 16.2 Å². The van der Waals surface area contributed by atoms with E-state index >= 15 is 0 Å². The number of nitrogens with zero attached hydrogens (tertiary/aromatic N) is 3. The number of hydrogen-bond acceptors (Lipinski definition) is 7. The fourth-order valence-electron chi connectivity index (χ4n) is 4.51. The van der Waals surface area contributed by atoms with Gasteiger partial charge in [0.25, 0.3) is 0 Å². The van der Waals surface area contributed by atoms with E-state index in [1.807, 2.05) is 37.4 Å². The van der Waals surface area contributed by atoms with Gasteiger partial charge in [-0.15, -0.1) is 11.3 Å². The maximum Gasteiger partial charge on any atom is 0.411 e. The van der Waals surface area contributed by atoms with E-state index in [1.54, 1.807) is 27.7 Å². The summed E-state index contributed by atoms with van der Waals surface area (Å²) in [7, 11) is 0. The lowest BCUT2D eigenvalue weighted by molar-refractivity contribution is -0.143. The molecule has 1 aliphatic rings. The third-order valence-electron chi connectivity index (χ3n) is 6.76. The Morgan fingerprint density at radius 3 is 2.49 bits per heavy atom. The predicted molar refractivity (Wildman–Crippen MR) is 144 cm³/mol. The van der Waals surface area contributed by atoms with Crippen LogP contribution in [0, 0.1) is 19.8 Å². The van der Waals surface area contributed by atoms with Gasteiger partial charge < -0.3 is 14.6 Å². The van der Waals surface area contributed by atoms with E-state index in [0.29, 0.717) is 17.4 Å². The highest BCUT2D eigenvalue weighted by atomic mass is 32.1. The fourth-order valence-corrected chi connectivity index (χ4v) is 5.45. The molecule has 1 N–H and O–H groups in total. The highest BCUT2D eigenvalue weighted by Crippen LogP contribution is 2.37. The molecule has 1 amide bonds. The van der Waals surface area contributed by atoms with E-state index in [2.05, 4.69) is 13.8 Å². The number of thiazole rings is 1. The van der Waals surface area contributed by atoms with Crippen LogP contribution in [-0.2, 0) is 9.53 Å². The first kappa shape index (κ1) is 26.9. The lowest BCUT2D eigenvalue weighted by Gasteiger charge is -2.27. The monoisotopic (exact) mass is 525 g/mol. The summed E-state index contributed by atoms with van der Waals surface area (Å²) < 4.78 is 12.0. The molecule has 9 heteroatoms. The Bertz CT molecular complexity index is 1340. The first-order valence-corrected chi connectivity index (χ1v) is 13.4. The summed E-state index contributed by atoms with van der Waals surface area (Å²) >= 11 is 1.54. The summed E-state index contributed by atoms with van der Waals surface area (Å²) in [5.74, 6) is -0.649. The van der Waals surface area contributed by atoms with Crippen LogP contribution < -0.4 is 4.74 Å². The molecule has 1 aliphatic heterocycles. The van der Waals surface area contributed by atoms with Gasteiger partial charge in [-0.3, -0.25) is 4.90 Å². The molecule has 198 valence electrons. The van der Waals surface area contributed by atoms with Crippen LogP contribution in [0.4, 0.5) is 4.79 Å². The molecular weight excluding hydrogens is 490 g/mol. The summed E-state index contributed by atoms with van der Waals surface area (Å²) in [6, 6.07) is 4.82. The maximum absolute atomic E-state index is 12.9. The average Bonchev–Trinajstić information content (AvgIpc) is 3.41. The highest BCUT2D eigenvalue weighted by Gasteiger charge is 2.48. The van der Waals surface area contributed by atoms with Gasteiger partial charge in [-0.05, 0) is 57.7 Å². The second kappa shape index (κ2) is 9.93. The molecular formula is C28H35N3O5S. The largest absolute Gasteiger partial charge is 0.487 e. The van der Waals surface area contributed by atoms with Crippen LogP contribution in [0.1, 0.15) is 64.3 Å². The smallest absolute Gasteiger partial charge is 0.411 e. The van der Waals surface area contributed by atoms with Gasteiger partial charge in [0, 0.05) is 22.8 Å². The Morgan fingerprint density at radius 1 is 1.19 bits per heavy atom. The second-order valence-electron chi connectivity index (χ2n) is 11.1. The number of aromatic nitrogens is 2. The highest BCUT2D eigenvalue weighted by molar-refractivity contribution is 7.13. The van der Waals surface area contributed by atoms with Gasteiger partial charge in [0.05, 0.1) is 17.8 Å². The standard InChI is InChI=1S/C28H35N3O5S/c1-14(2)20-13-37-25(30-20)19-11-21(18-10-9-15(3)16(4)23(18)29-19)35-22-12-31(24(17(22)5)26(32)33)27(34)36-28(6,7)8/h9-11,13-14,17,22,24H,12H2,1-8H3,(H,32,33). The van der Waals surface area contributed by atoms with E-state index < -0.39 is 35.7 Å². The Labute approximate surface area is 221 Å². The molecule has 4 rings (SSSR count). The van der Waals surface area contributed by atoms with Crippen molar-refractivity contribution in [1.82, 2.24) is 14.9 Å². The molecule has 3 aromatic rings. The number of benzene rings is 1. The van der Waals surface area contributed by atoms with Gasteiger partial charge in [-0.25, -0.2) is 19.6 Å². The van der Waals surface area contributed by atoms with Gasteiger partial charge in [0.1, 0.15) is 34.2 Å². The van der Waals surface area contributed by atoms with Crippen LogP contribution in [0.5, 0.6) is 5.75 Å². The number of fused-ring (bicyclic) bond motifs is 1. The minimum Gasteiger partial charge on any atom is -0.487 e. The SMILES string of the molecule is Cc1ccc2c(OC3CN(C(=O)OC(C)(C)C)C(C(=O)O)C3C)cc(-c3nc(C(C)C)cs3)nc2c1C. The molecule has 8 nitrogen and oxygen atoms in total. The molecule has 1 fully saturated rings. The van der Waals surface area contributed by atoms with Crippen molar-refractivity contribution >= 4 is 34.3 Å². The molecule has 1 aromatic carbocycles. The molecule has 2 aromatic heterocycles. The number of aryl methyl sites for hydroxylation is 2. The van der Waals surface area contributed by atoms with Crippen molar-refractivity contribution in [2.75, 3.05) is 6.54 Å². The molecule has 0 aliphatic carbocycles. The number of carbonyl (C=O) groups excluding carboxylic acids is 1. The Hall–Kier alpha value is -3.20. The third-order valence-corrected chi connectivity index (χ3v) is 7.64. The van der Waals surface area contributed by atoms with Crippen molar-refractivity contribution in [3.8, 4) is 16.5 Å². The number of carboxylic acids is 1. The molecule has 3 atom stereocenters. The fraction of sp³-hybridized carbons (Fsp3) is 0.500. The number of pyridine rings is 1. The normalized spacial score (nSPS) is 20.0. The lowest BCUT2D eigenvalue weighted by Crippen LogP contribution is -2.45. The topological polar surface area (TPSA) is 102 Å². The van der Waals surface area contributed by atoms with E-state index in [4.69, 9.17) is 19.4 Å². The lowest BCUT2D eigenvalue weighted by atomic mass is 10.0. The average molecular weight is 526 g/mol. The van der Waals surface area contributed by atoms with Crippen molar-refractivity contribution in [3.63, 3.8) is 0 Å². The van der Waals surface area contributed by atoms with Crippen molar-refractivity contribution in [3.05, 3.63) is 40.4 Å². The van der Waals surface area contributed by atoms with Crippen molar-refractivity contribution < 1.29 is 24.2 Å². The molecule has 37 heavy (non-hydrogen) atoms. The Balaban J connectivity index is 1.75. The first-order valence-electron chi connectivity index (χ1n) is 12.5. The molecule has 0 bridgehead atoms. The molecule has 1 saturated heterocycles. The van der Waals surface area contributed by atoms with Crippen molar-refractivity contribution in [2.24, 2.45) is 5.92 Å². The summed E-state index contributed by atoms with van der Waals surface area (Å²) in [6.45, 7) is 15.4. The van der Waals surface area contributed by atoms with Gasteiger partial charge in [0.2, 0.25) is 0 Å². The third kappa shape index (κ3) is 5.42. The van der Waals surface area contributed by atoms with Gasteiger partial charge in [-0.1, -0.05) is 26.8 Å². The first-order chi connectivity index (χ1) is 17.3. The number of hydrogen-bond donors (Lipinski definition) is 1. The Kier molecular flexibility index (Phi) is 7.21. The number of carbonyl (C=O) groups is 2. The van der Waals surface area contributed by atoms with Gasteiger partial charge in [0.15, 0.2) is 0 Å². The molecule has 3 heterocycles. The number of aliphatic carboxylic acids is 1. The molecule has 0 saturated carbocycles. The molecule has 0 spiro atoms. The zero-order valence-electron chi connectivity index (χ0n) is 22.7. The number of amides is 1. The van der Waals surface area contributed by atoms with Gasteiger partial charge >= 0.3 is 12.1 Å². The van der Waals surface area contributed by atoms with Crippen LogP contribution >= 0.6 is 11.3 Å². The second-order valence-corrected chi connectivity index (χ2v) is 11.9. The van der Waals surface area contributed by atoms with Crippen molar-refractivity contribution in [2.45, 2.75) is 79.1 Å². The predicted octanol–water partition coefficient (Wildman–Crippen LogP) is 6.19. The Morgan fingerprint density at radius 2 is 1.89 bits per heavy atom. The zero-order chi connectivity index (χ0) is 27.2. The summed E-state index contributed by atoms with van der Waals surface area (Å²) in [4.78, 5) is 36.0. The van der Waals surface area contributed by atoms with Crippen LogP contribution in [0.2, 0.25) is 0 Å². The van der Waals surface area contributed by atoms with Gasteiger partial charge in [-0.2, -0.15) is 0 Å². The quantitative estimate of drug-likeness (QED) is 0.424. The minimum atomic E-state index is -1.08.